The molecule has 2 N–H and O–H groups in total. The van der Waals surface area contributed by atoms with E-state index in [1.54, 1.807) is 13.8 Å². The van der Waals surface area contributed by atoms with Crippen LogP contribution in [0.2, 0.25) is 0 Å². The summed E-state index contributed by atoms with van der Waals surface area (Å²) in [5.41, 5.74) is 1.02. The Labute approximate surface area is 127 Å². The fraction of sp³-hybridized carbons (Fsp3) is 0.133. The van der Waals surface area contributed by atoms with Gasteiger partial charge < -0.3 is 5.11 Å². The molecule has 0 atom stereocenters. The average molecular weight is 323 g/mol. The maximum atomic E-state index is 12.9. The fourth-order valence-corrected chi connectivity index (χ4v) is 3.39. The summed E-state index contributed by atoms with van der Waals surface area (Å²) >= 11 is 0. The van der Waals surface area contributed by atoms with Crippen LogP contribution in [0.15, 0.2) is 41.3 Å². The third-order valence-corrected chi connectivity index (χ3v) is 4.66. The van der Waals surface area contributed by atoms with E-state index < -0.39 is 21.8 Å². The van der Waals surface area contributed by atoms with Crippen LogP contribution in [0.25, 0.3) is 0 Å². The molecule has 2 rings (SSSR count). The Bertz CT molecular complexity index is 829. The highest BCUT2D eigenvalue weighted by molar-refractivity contribution is 7.92. The molecule has 0 spiro atoms. The minimum Gasteiger partial charge on any atom is -0.478 e. The molecule has 2 aromatic carbocycles. The Kier molecular flexibility index (Phi) is 4.18. The minimum atomic E-state index is -3.97. The van der Waals surface area contributed by atoms with E-state index in [2.05, 4.69) is 4.72 Å². The summed E-state index contributed by atoms with van der Waals surface area (Å²) in [4.78, 5) is 11.0. The lowest BCUT2D eigenvalue weighted by atomic mass is 10.1. The van der Waals surface area contributed by atoms with Crippen molar-refractivity contribution in [3.8, 4) is 0 Å². The predicted octanol–water partition coefficient (Wildman–Crippen LogP) is 2.94. The number of carboxylic acids is 1. The van der Waals surface area contributed by atoms with Crippen LogP contribution in [0.5, 0.6) is 0 Å². The van der Waals surface area contributed by atoms with Gasteiger partial charge in [0.2, 0.25) is 0 Å². The lowest BCUT2D eigenvalue weighted by Crippen LogP contribution is -2.16. The number of carbonyl (C=O) groups is 1. The van der Waals surface area contributed by atoms with E-state index in [1.165, 1.54) is 18.2 Å². The molecule has 0 aliphatic carbocycles. The number of hydrogen-bond donors (Lipinski definition) is 2. The highest BCUT2D eigenvalue weighted by Gasteiger charge is 2.20. The summed E-state index contributed by atoms with van der Waals surface area (Å²) in [7, 11) is -3.97. The van der Waals surface area contributed by atoms with Crippen LogP contribution in [0.4, 0.5) is 10.1 Å². The van der Waals surface area contributed by atoms with E-state index in [9.17, 15) is 17.6 Å². The summed E-state index contributed by atoms with van der Waals surface area (Å²) in [6.45, 7) is 3.18. The maximum Gasteiger partial charge on any atom is 0.335 e. The van der Waals surface area contributed by atoms with Gasteiger partial charge in [-0.2, -0.15) is 0 Å². The molecule has 0 aromatic heterocycles. The molecule has 0 aliphatic rings. The van der Waals surface area contributed by atoms with Crippen LogP contribution in [-0.2, 0) is 10.0 Å². The van der Waals surface area contributed by atoms with Crippen molar-refractivity contribution in [3.05, 3.63) is 58.9 Å². The van der Waals surface area contributed by atoms with Gasteiger partial charge in [0.15, 0.2) is 0 Å². The van der Waals surface area contributed by atoms with Crippen molar-refractivity contribution in [2.45, 2.75) is 18.7 Å². The monoisotopic (exact) mass is 323 g/mol. The highest BCUT2D eigenvalue weighted by Crippen LogP contribution is 2.23. The zero-order valence-electron chi connectivity index (χ0n) is 11.9. The number of halogens is 1. The number of rotatable bonds is 4. The topological polar surface area (TPSA) is 83.5 Å². The third kappa shape index (κ3) is 3.25. The van der Waals surface area contributed by atoms with Gasteiger partial charge in [-0.1, -0.05) is 6.07 Å². The molecular weight excluding hydrogens is 309 g/mol. The number of aryl methyl sites for hydroxylation is 2. The molecule has 0 unspecified atom stereocenters. The SMILES string of the molecule is Cc1cc(C)c(S(=O)(=O)Nc2ccc(F)cc2)cc1C(=O)O. The van der Waals surface area contributed by atoms with Crippen molar-refractivity contribution < 1.29 is 22.7 Å². The maximum absolute atomic E-state index is 12.9. The summed E-state index contributed by atoms with van der Waals surface area (Å²) in [6, 6.07) is 7.45. The largest absolute Gasteiger partial charge is 0.478 e. The minimum absolute atomic E-state index is 0.0786. The van der Waals surface area contributed by atoms with E-state index in [0.29, 0.717) is 11.1 Å². The van der Waals surface area contributed by atoms with Gasteiger partial charge >= 0.3 is 5.97 Å². The van der Waals surface area contributed by atoms with E-state index in [0.717, 1.165) is 18.2 Å². The first kappa shape index (κ1) is 16.0. The van der Waals surface area contributed by atoms with Crippen molar-refractivity contribution in [2.75, 3.05) is 4.72 Å². The van der Waals surface area contributed by atoms with Crippen molar-refractivity contribution in [2.24, 2.45) is 0 Å². The second kappa shape index (κ2) is 5.76. The third-order valence-electron chi connectivity index (χ3n) is 3.14. The zero-order valence-corrected chi connectivity index (χ0v) is 12.7. The molecule has 0 heterocycles. The summed E-state index contributed by atoms with van der Waals surface area (Å²) in [6.07, 6.45) is 0. The van der Waals surface area contributed by atoms with E-state index in [4.69, 9.17) is 5.11 Å². The highest BCUT2D eigenvalue weighted by atomic mass is 32.2. The Morgan fingerprint density at radius 1 is 1.09 bits per heavy atom. The van der Waals surface area contributed by atoms with Crippen LogP contribution in [0.1, 0.15) is 21.5 Å². The van der Waals surface area contributed by atoms with E-state index in [-0.39, 0.29) is 16.1 Å². The van der Waals surface area contributed by atoms with Crippen molar-refractivity contribution in [3.63, 3.8) is 0 Å². The number of nitrogens with one attached hydrogen (secondary N) is 1. The van der Waals surface area contributed by atoms with Gasteiger partial charge in [-0.25, -0.2) is 17.6 Å². The molecule has 0 amide bonds. The molecule has 22 heavy (non-hydrogen) atoms. The van der Waals surface area contributed by atoms with Crippen LogP contribution in [0.3, 0.4) is 0 Å². The number of aromatic carboxylic acids is 1. The average Bonchev–Trinajstić information content (AvgIpc) is 2.40. The molecule has 116 valence electrons. The first-order valence-electron chi connectivity index (χ1n) is 6.33. The molecule has 5 nitrogen and oxygen atoms in total. The van der Waals surface area contributed by atoms with Gasteiger partial charge in [0, 0.05) is 5.69 Å². The Balaban J connectivity index is 2.47. The Hall–Kier alpha value is -2.41. The molecule has 0 fully saturated rings. The Morgan fingerprint density at radius 2 is 1.68 bits per heavy atom. The summed E-state index contributed by atoms with van der Waals surface area (Å²) in [5, 5.41) is 9.11. The molecule has 2 aromatic rings. The Morgan fingerprint density at radius 3 is 2.23 bits per heavy atom. The molecular formula is C15H14FNO4S. The van der Waals surface area contributed by atoms with Crippen molar-refractivity contribution in [1.82, 2.24) is 0 Å². The van der Waals surface area contributed by atoms with Crippen LogP contribution < -0.4 is 4.72 Å². The van der Waals surface area contributed by atoms with Crippen LogP contribution >= 0.6 is 0 Å². The molecule has 0 saturated carbocycles. The van der Waals surface area contributed by atoms with Gasteiger partial charge in [0.1, 0.15) is 5.82 Å². The lowest BCUT2D eigenvalue weighted by molar-refractivity contribution is 0.0696. The van der Waals surface area contributed by atoms with Crippen LogP contribution in [0, 0.1) is 19.7 Å². The van der Waals surface area contributed by atoms with Crippen molar-refractivity contribution in [1.29, 1.82) is 0 Å². The molecule has 7 heteroatoms. The second-order valence-electron chi connectivity index (χ2n) is 4.85. The molecule has 0 radical (unpaired) electrons. The van der Waals surface area contributed by atoms with Gasteiger partial charge in [0.25, 0.3) is 10.0 Å². The molecule has 0 bridgehead atoms. The van der Waals surface area contributed by atoms with Gasteiger partial charge in [-0.15, -0.1) is 0 Å². The lowest BCUT2D eigenvalue weighted by Gasteiger charge is -2.12. The predicted molar refractivity (Wildman–Crippen MR) is 80.1 cm³/mol. The first-order chi connectivity index (χ1) is 10.2. The molecule has 0 saturated heterocycles. The van der Waals surface area contributed by atoms with Crippen molar-refractivity contribution >= 4 is 21.7 Å². The van der Waals surface area contributed by atoms with Gasteiger partial charge in [-0.3, -0.25) is 4.72 Å². The van der Waals surface area contributed by atoms with Gasteiger partial charge in [0.05, 0.1) is 10.5 Å². The fourth-order valence-electron chi connectivity index (χ4n) is 2.08. The smallest absolute Gasteiger partial charge is 0.335 e. The van der Waals surface area contributed by atoms with E-state index >= 15 is 0 Å². The summed E-state index contributed by atoms with van der Waals surface area (Å²) < 4.78 is 39.9. The zero-order chi connectivity index (χ0) is 16.5. The molecule has 0 aliphatic heterocycles. The van der Waals surface area contributed by atoms with E-state index in [1.807, 2.05) is 0 Å². The number of anilines is 1. The van der Waals surface area contributed by atoms with Gasteiger partial charge in [-0.05, 0) is 55.3 Å². The number of benzene rings is 2. The number of carboxylic acid groups (broad SMARTS) is 1. The summed E-state index contributed by atoms with van der Waals surface area (Å²) in [5.74, 6) is -1.68. The standard InChI is InChI=1S/C15H14FNO4S/c1-9-7-10(2)14(8-13(9)15(18)19)22(20,21)17-12-5-3-11(16)4-6-12/h3-8,17H,1-2H3,(H,18,19). The normalized spacial score (nSPS) is 11.2. The quantitative estimate of drug-likeness (QED) is 0.906. The number of hydrogen-bond acceptors (Lipinski definition) is 3. The van der Waals surface area contributed by atoms with Crippen LogP contribution in [-0.4, -0.2) is 19.5 Å². The number of sulfonamides is 1. The second-order valence-corrected chi connectivity index (χ2v) is 6.50. The first-order valence-corrected chi connectivity index (χ1v) is 7.82.